The molecule has 0 fully saturated rings. The number of aromatic nitrogens is 3. The Hall–Kier alpha value is -2.21. The van der Waals surface area contributed by atoms with Crippen molar-refractivity contribution in [2.75, 3.05) is 5.32 Å². The van der Waals surface area contributed by atoms with Gasteiger partial charge in [0.1, 0.15) is 12.7 Å². The van der Waals surface area contributed by atoms with Crippen molar-refractivity contribution in [1.82, 2.24) is 14.8 Å². The Morgan fingerprint density at radius 3 is 2.84 bits per heavy atom. The zero-order valence-corrected chi connectivity index (χ0v) is 10.8. The smallest absolute Gasteiger partial charge is 0.225 e. The molecule has 0 aliphatic heterocycles. The fourth-order valence-electron chi connectivity index (χ4n) is 1.67. The van der Waals surface area contributed by atoms with Crippen LogP contribution < -0.4 is 11.1 Å². The minimum absolute atomic E-state index is 0.0738. The number of carbonyl (C=O) groups is 1. The average Bonchev–Trinajstić information content (AvgIpc) is 2.92. The van der Waals surface area contributed by atoms with Gasteiger partial charge in [0.15, 0.2) is 0 Å². The molecular formula is C13H17N5O. The summed E-state index contributed by atoms with van der Waals surface area (Å²) in [5.74, 6) is -0.0738. The molecule has 100 valence electrons. The Balaban J connectivity index is 2.05. The lowest BCUT2D eigenvalue weighted by Gasteiger charge is -2.10. The third kappa shape index (κ3) is 3.62. The molecular weight excluding hydrogens is 242 g/mol. The van der Waals surface area contributed by atoms with Crippen LogP contribution >= 0.6 is 0 Å². The van der Waals surface area contributed by atoms with Gasteiger partial charge in [0.05, 0.1) is 5.69 Å². The third-order valence-corrected chi connectivity index (χ3v) is 2.82. The molecule has 3 N–H and O–H groups in total. The van der Waals surface area contributed by atoms with E-state index in [2.05, 4.69) is 15.5 Å². The number of amides is 1. The van der Waals surface area contributed by atoms with Gasteiger partial charge in [-0.3, -0.25) is 9.36 Å². The molecule has 1 atom stereocenters. The lowest BCUT2D eigenvalue weighted by atomic mass is 10.1. The number of benzene rings is 1. The van der Waals surface area contributed by atoms with Gasteiger partial charge in [-0.1, -0.05) is 13.0 Å². The second-order valence-electron chi connectivity index (χ2n) is 4.34. The molecule has 19 heavy (non-hydrogen) atoms. The monoisotopic (exact) mass is 259 g/mol. The predicted molar refractivity (Wildman–Crippen MR) is 72.9 cm³/mol. The van der Waals surface area contributed by atoms with Crippen molar-refractivity contribution in [2.45, 2.75) is 25.8 Å². The number of nitrogens with zero attached hydrogens (tertiary/aromatic N) is 3. The van der Waals surface area contributed by atoms with Crippen LogP contribution in [0.25, 0.3) is 5.69 Å². The van der Waals surface area contributed by atoms with Crippen molar-refractivity contribution in [3.63, 3.8) is 0 Å². The normalized spacial score (nSPS) is 12.1. The largest absolute Gasteiger partial charge is 0.327 e. The van der Waals surface area contributed by atoms with E-state index in [0.29, 0.717) is 6.42 Å². The first-order valence-corrected chi connectivity index (χ1v) is 6.19. The van der Waals surface area contributed by atoms with E-state index in [9.17, 15) is 4.79 Å². The summed E-state index contributed by atoms with van der Waals surface area (Å²) in [4.78, 5) is 11.8. The minimum Gasteiger partial charge on any atom is -0.327 e. The molecule has 0 saturated heterocycles. The Bertz CT molecular complexity index is 538. The maximum atomic E-state index is 11.8. The van der Waals surface area contributed by atoms with E-state index in [0.717, 1.165) is 17.8 Å². The van der Waals surface area contributed by atoms with Crippen molar-refractivity contribution in [2.24, 2.45) is 5.73 Å². The number of carbonyl (C=O) groups excluding carboxylic acids is 1. The zero-order chi connectivity index (χ0) is 13.7. The number of anilines is 1. The number of rotatable bonds is 5. The predicted octanol–water partition coefficient (Wildman–Crippen LogP) is 1.33. The van der Waals surface area contributed by atoms with Crippen LogP contribution in [-0.4, -0.2) is 26.7 Å². The maximum Gasteiger partial charge on any atom is 0.225 e. The topological polar surface area (TPSA) is 85.8 Å². The van der Waals surface area contributed by atoms with E-state index in [-0.39, 0.29) is 11.9 Å². The van der Waals surface area contributed by atoms with Gasteiger partial charge in [-0.2, -0.15) is 0 Å². The van der Waals surface area contributed by atoms with E-state index in [1.165, 1.54) is 0 Å². The third-order valence-electron chi connectivity index (χ3n) is 2.82. The molecule has 0 radical (unpaired) electrons. The van der Waals surface area contributed by atoms with Gasteiger partial charge in [-0.05, 0) is 24.6 Å². The van der Waals surface area contributed by atoms with Crippen molar-refractivity contribution in [3.05, 3.63) is 36.9 Å². The highest BCUT2D eigenvalue weighted by Gasteiger charge is 2.08. The molecule has 1 aromatic heterocycles. The fraction of sp³-hybridized carbons (Fsp3) is 0.308. The van der Waals surface area contributed by atoms with Crippen LogP contribution in [0, 0.1) is 0 Å². The summed E-state index contributed by atoms with van der Waals surface area (Å²) in [5, 5.41) is 10.3. The minimum atomic E-state index is -0.0963. The second kappa shape index (κ2) is 6.10. The summed E-state index contributed by atoms with van der Waals surface area (Å²) in [5.41, 5.74) is 7.38. The van der Waals surface area contributed by atoms with E-state index in [1.807, 2.05) is 31.2 Å². The first kappa shape index (κ1) is 13.2. The molecule has 0 aliphatic rings. The van der Waals surface area contributed by atoms with Crippen LogP contribution in [0.2, 0.25) is 0 Å². The summed E-state index contributed by atoms with van der Waals surface area (Å²) < 4.78 is 1.77. The Morgan fingerprint density at radius 2 is 2.16 bits per heavy atom. The zero-order valence-electron chi connectivity index (χ0n) is 10.8. The summed E-state index contributed by atoms with van der Waals surface area (Å²) in [6.07, 6.45) is 4.32. The van der Waals surface area contributed by atoms with Crippen molar-refractivity contribution >= 4 is 11.6 Å². The average molecular weight is 259 g/mol. The number of hydrogen-bond acceptors (Lipinski definition) is 4. The van der Waals surface area contributed by atoms with Crippen molar-refractivity contribution in [1.29, 1.82) is 0 Å². The molecule has 1 unspecified atom stereocenters. The first-order chi connectivity index (χ1) is 9.19. The molecule has 6 heteroatoms. The summed E-state index contributed by atoms with van der Waals surface area (Å²) >= 11 is 0. The molecule has 1 aromatic carbocycles. The van der Waals surface area contributed by atoms with E-state index in [4.69, 9.17) is 5.73 Å². The Kier molecular flexibility index (Phi) is 4.25. The van der Waals surface area contributed by atoms with Gasteiger partial charge in [0.2, 0.25) is 5.91 Å². The lowest BCUT2D eigenvalue weighted by Crippen LogP contribution is -2.26. The molecule has 6 nitrogen and oxygen atoms in total. The molecule has 1 amide bonds. The number of hydrogen-bond donors (Lipinski definition) is 2. The molecule has 1 heterocycles. The number of nitrogens with one attached hydrogen (secondary N) is 1. The van der Waals surface area contributed by atoms with E-state index in [1.54, 1.807) is 17.2 Å². The Morgan fingerprint density at radius 1 is 1.42 bits per heavy atom. The van der Waals surface area contributed by atoms with Gasteiger partial charge in [0.25, 0.3) is 0 Å². The molecule has 0 spiro atoms. The second-order valence-corrected chi connectivity index (χ2v) is 4.34. The fourth-order valence-corrected chi connectivity index (χ4v) is 1.67. The van der Waals surface area contributed by atoms with Crippen LogP contribution in [0.3, 0.4) is 0 Å². The van der Waals surface area contributed by atoms with Gasteiger partial charge < -0.3 is 11.1 Å². The molecule has 0 saturated carbocycles. The van der Waals surface area contributed by atoms with Gasteiger partial charge in [-0.15, -0.1) is 10.2 Å². The first-order valence-electron chi connectivity index (χ1n) is 6.19. The Labute approximate surface area is 111 Å². The van der Waals surface area contributed by atoms with Crippen LogP contribution in [0.15, 0.2) is 36.9 Å². The van der Waals surface area contributed by atoms with Crippen LogP contribution in [0.1, 0.15) is 19.8 Å². The summed E-state index contributed by atoms with van der Waals surface area (Å²) in [7, 11) is 0. The highest BCUT2D eigenvalue weighted by atomic mass is 16.1. The molecule has 2 aromatic rings. The molecule has 0 bridgehead atoms. The van der Waals surface area contributed by atoms with E-state index >= 15 is 0 Å². The van der Waals surface area contributed by atoms with Crippen LogP contribution in [-0.2, 0) is 4.79 Å². The van der Waals surface area contributed by atoms with Crippen molar-refractivity contribution in [3.8, 4) is 5.69 Å². The molecule has 2 rings (SSSR count). The van der Waals surface area contributed by atoms with Gasteiger partial charge >= 0.3 is 0 Å². The van der Waals surface area contributed by atoms with Crippen LogP contribution in [0.4, 0.5) is 5.69 Å². The van der Waals surface area contributed by atoms with E-state index < -0.39 is 0 Å². The highest BCUT2D eigenvalue weighted by Crippen LogP contribution is 2.14. The van der Waals surface area contributed by atoms with Gasteiger partial charge in [0, 0.05) is 18.2 Å². The summed E-state index contributed by atoms with van der Waals surface area (Å²) in [6, 6.07) is 7.38. The summed E-state index contributed by atoms with van der Waals surface area (Å²) in [6.45, 7) is 1.96. The lowest BCUT2D eigenvalue weighted by molar-refractivity contribution is -0.116. The van der Waals surface area contributed by atoms with Gasteiger partial charge in [-0.25, -0.2) is 0 Å². The van der Waals surface area contributed by atoms with Crippen molar-refractivity contribution < 1.29 is 4.79 Å². The number of nitrogens with two attached hydrogens (primary N) is 1. The SMILES string of the molecule is CCC(N)CC(=O)Nc1cccc(-n2cnnc2)c1. The molecule has 0 aliphatic carbocycles. The standard InChI is InChI=1S/C13H17N5O/c1-2-10(14)6-13(19)17-11-4-3-5-12(7-11)18-8-15-16-9-18/h3-5,7-10H,2,6,14H2,1H3,(H,17,19). The maximum absolute atomic E-state index is 11.8. The van der Waals surface area contributed by atoms with Crippen LogP contribution in [0.5, 0.6) is 0 Å². The highest BCUT2D eigenvalue weighted by molar-refractivity contribution is 5.91. The quantitative estimate of drug-likeness (QED) is 0.848.